The van der Waals surface area contributed by atoms with E-state index in [0.717, 1.165) is 19.3 Å². The average Bonchev–Trinajstić information content (AvgIpc) is 2.59. The van der Waals surface area contributed by atoms with E-state index in [2.05, 4.69) is 0 Å². The minimum absolute atomic E-state index is 0.0427. The van der Waals surface area contributed by atoms with Gasteiger partial charge in [-0.3, -0.25) is 9.59 Å². The average molecular weight is 330 g/mol. The van der Waals surface area contributed by atoms with Gasteiger partial charge in [-0.25, -0.2) is 0 Å². The summed E-state index contributed by atoms with van der Waals surface area (Å²) in [5.74, 6) is -0.493. The number of nitrogens with zero attached hydrogens (tertiary/aromatic N) is 2. The van der Waals surface area contributed by atoms with Crippen molar-refractivity contribution >= 4 is 11.9 Å². The Kier molecular flexibility index (Phi) is 6.19. The molecule has 0 aromatic heterocycles. The van der Waals surface area contributed by atoms with Crippen molar-refractivity contribution in [3.63, 3.8) is 0 Å². The smallest absolute Gasteiger partial charge is 0.303 e. The molecule has 1 fully saturated rings. The number of carboxylic acid groups (broad SMARTS) is 1. The van der Waals surface area contributed by atoms with Crippen LogP contribution in [-0.4, -0.2) is 40.6 Å². The van der Waals surface area contributed by atoms with Crippen LogP contribution in [0, 0.1) is 11.3 Å². The van der Waals surface area contributed by atoms with Crippen molar-refractivity contribution in [2.75, 3.05) is 6.54 Å². The molecule has 24 heavy (non-hydrogen) atoms. The first-order valence-corrected chi connectivity index (χ1v) is 8.20. The molecule has 0 radical (unpaired) electrons. The largest absolute Gasteiger partial charge is 0.481 e. The molecule has 1 N–H and O–H groups in total. The molecule has 1 heterocycles. The van der Waals surface area contributed by atoms with Crippen LogP contribution in [0.2, 0.25) is 0 Å². The molecule has 1 aromatic rings. The standard InChI is InChI=1S/C18H22N2O4/c1-13(24-16-7-4-5-14(11-16)12-19)18(23)20-10-3-2-6-15(20)8-9-17(21)22/h4-5,7,11,13,15H,2-3,6,8-10H2,1H3,(H,21,22)/t13-,15+/m0/s1. The highest BCUT2D eigenvalue weighted by Crippen LogP contribution is 2.23. The number of benzene rings is 1. The van der Waals surface area contributed by atoms with Crippen molar-refractivity contribution in [1.29, 1.82) is 5.26 Å². The predicted octanol–water partition coefficient (Wildman–Crippen LogP) is 2.57. The number of carbonyl (C=O) groups is 2. The van der Waals surface area contributed by atoms with Gasteiger partial charge in [0.2, 0.25) is 0 Å². The van der Waals surface area contributed by atoms with Crippen LogP contribution in [-0.2, 0) is 9.59 Å². The van der Waals surface area contributed by atoms with E-state index in [1.54, 1.807) is 36.1 Å². The Hall–Kier alpha value is -2.55. The Bertz CT molecular complexity index is 638. The maximum Gasteiger partial charge on any atom is 0.303 e. The van der Waals surface area contributed by atoms with Crippen LogP contribution in [0.15, 0.2) is 24.3 Å². The molecule has 128 valence electrons. The molecule has 0 unspecified atom stereocenters. The van der Waals surface area contributed by atoms with Crippen molar-refractivity contribution in [3.8, 4) is 11.8 Å². The third-order valence-electron chi connectivity index (χ3n) is 4.23. The second-order valence-electron chi connectivity index (χ2n) is 6.01. The second-order valence-corrected chi connectivity index (χ2v) is 6.01. The minimum Gasteiger partial charge on any atom is -0.481 e. The summed E-state index contributed by atoms with van der Waals surface area (Å²) < 4.78 is 5.69. The number of piperidine rings is 1. The molecule has 1 aliphatic rings. The van der Waals surface area contributed by atoms with Crippen LogP contribution >= 0.6 is 0 Å². The maximum atomic E-state index is 12.7. The summed E-state index contributed by atoms with van der Waals surface area (Å²) in [5, 5.41) is 17.8. The van der Waals surface area contributed by atoms with Crippen LogP contribution in [0.1, 0.15) is 44.6 Å². The molecular formula is C18H22N2O4. The predicted molar refractivity (Wildman–Crippen MR) is 87.5 cm³/mol. The first-order valence-electron chi connectivity index (χ1n) is 8.20. The molecule has 6 heteroatoms. The second kappa shape index (κ2) is 8.34. The number of amides is 1. The molecule has 1 aromatic carbocycles. The molecule has 1 aliphatic heterocycles. The summed E-state index contributed by atoms with van der Waals surface area (Å²) in [7, 11) is 0. The molecule has 0 bridgehead atoms. The van der Waals surface area contributed by atoms with Gasteiger partial charge in [-0.1, -0.05) is 6.07 Å². The van der Waals surface area contributed by atoms with Gasteiger partial charge in [0, 0.05) is 19.0 Å². The fourth-order valence-corrected chi connectivity index (χ4v) is 3.01. The van der Waals surface area contributed by atoms with Crippen molar-refractivity contribution in [1.82, 2.24) is 4.90 Å². The number of rotatable bonds is 6. The highest BCUT2D eigenvalue weighted by Gasteiger charge is 2.30. The number of hydrogen-bond donors (Lipinski definition) is 1. The number of aliphatic carboxylic acids is 1. The Labute approximate surface area is 141 Å². The monoisotopic (exact) mass is 330 g/mol. The maximum absolute atomic E-state index is 12.7. The van der Waals surface area contributed by atoms with Gasteiger partial charge >= 0.3 is 5.97 Å². The number of likely N-dealkylation sites (tertiary alicyclic amines) is 1. The van der Waals surface area contributed by atoms with E-state index in [-0.39, 0.29) is 18.4 Å². The number of carboxylic acids is 1. The van der Waals surface area contributed by atoms with E-state index in [1.807, 2.05) is 6.07 Å². The van der Waals surface area contributed by atoms with Gasteiger partial charge in [-0.05, 0) is 50.8 Å². The van der Waals surface area contributed by atoms with Crippen LogP contribution in [0.4, 0.5) is 0 Å². The zero-order chi connectivity index (χ0) is 17.5. The first-order chi connectivity index (χ1) is 11.5. The Morgan fingerprint density at radius 1 is 1.46 bits per heavy atom. The minimum atomic E-state index is -0.842. The fraction of sp³-hybridized carbons (Fsp3) is 0.500. The van der Waals surface area contributed by atoms with Crippen LogP contribution in [0.3, 0.4) is 0 Å². The zero-order valence-corrected chi connectivity index (χ0v) is 13.8. The Balaban J connectivity index is 2.01. The van der Waals surface area contributed by atoms with Gasteiger partial charge in [0.05, 0.1) is 11.6 Å². The van der Waals surface area contributed by atoms with Crippen molar-refractivity contribution in [2.24, 2.45) is 0 Å². The number of nitriles is 1. The van der Waals surface area contributed by atoms with E-state index in [0.29, 0.717) is 24.3 Å². The van der Waals surface area contributed by atoms with Gasteiger partial charge in [-0.2, -0.15) is 5.26 Å². The Morgan fingerprint density at radius 2 is 2.25 bits per heavy atom. The van der Waals surface area contributed by atoms with Crippen molar-refractivity contribution in [3.05, 3.63) is 29.8 Å². The summed E-state index contributed by atoms with van der Waals surface area (Å²) in [6.07, 6.45) is 2.62. The highest BCUT2D eigenvalue weighted by molar-refractivity contribution is 5.81. The number of carbonyl (C=O) groups excluding carboxylic acids is 1. The SMILES string of the molecule is C[C@H](Oc1cccc(C#N)c1)C(=O)N1CCCC[C@@H]1CCC(=O)O. The van der Waals surface area contributed by atoms with Gasteiger partial charge in [0.1, 0.15) is 5.75 Å². The summed E-state index contributed by atoms with van der Waals surface area (Å²) >= 11 is 0. The molecule has 0 aliphatic carbocycles. The normalized spacial score (nSPS) is 18.5. The van der Waals surface area contributed by atoms with E-state index >= 15 is 0 Å². The van der Waals surface area contributed by atoms with Crippen LogP contribution in [0.5, 0.6) is 5.75 Å². The third kappa shape index (κ3) is 4.72. The van der Waals surface area contributed by atoms with Crippen LogP contribution < -0.4 is 4.74 Å². The lowest BCUT2D eigenvalue weighted by Gasteiger charge is -2.37. The molecule has 0 spiro atoms. The van der Waals surface area contributed by atoms with E-state index in [1.165, 1.54) is 0 Å². The summed E-state index contributed by atoms with van der Waals surface area (Å²) in [5.41, 5.74) is 0.476. The van der Waals surface area contributed by atoms with Gasteiger partial charge in [0.25, 0.3) is 5.91 Å². The van der Waals surface area contributed by atoms with E-state index < -0.39 is 12.1 Å². The quantitative estimate of drug-likeness (QED) is 0.865. The molecular weight excluding hydrogens is 308 g/mol. The first kappa shape index (κ1) is 17.8. The van der Waals surface area contributed by atoms with Gasteiger partial charge < -0.3 is 14.7 Å². The number of ether oxygens (including phenoxy) is 1. The summed E-state index contributed by atoms with van der Waals surface area (Å²) in [6.45, 7) is 2.32. The van der Waals surface area contributed by atoms with Crippen LogP contribution in [0.25, 0.3) is 0 Å². The molecule has 0 saturated carbocycles. The van der Waals surface area contributed by atoms with Crippen molar-refractivity contribution < 1.29 is 19.4 Å². The van der Waals surface area contributed by atoms with Gasteiger partial charge in [0.15, 0.2) is 6.10 Å². The van der Waals surface area contributed by atoms with E-state index in [4.69, 9.17) is 15.1 Å². The molecule has 1 amide bonds. The molecule has 1 saturated heterocycles. The lowest BCUT2D eigenvalue weighted by molar-refractivity contribution is -0.144. The van der Waals surface area contributed by atoms with Crippen molar-refractivity contribution in [2.45, 2.75) is 51.2 Å². The molecule has 6 nitrogen and oxygen atoms in total. The fourth-order valence-electron chi connectivity index (χ4n) is 3.01. The topological polar surface area (TPSA) is 90.6 Å². The highest BCUT2D eigenvalue weighted by atomic mass is 16.5. The molecule has 2 atom stereocenters. The molecule has 2 rings (SSSR count). The van der Waals surface area contributed by atoms with Gasteiger partial charge in [-0.15, -0.1) is 0 Å². The zero-order valence-electron chi connectivity index (χ0n) is 13.8. The summed E-state index contributed by atoms with van der Waals surface area (Å²) in [4.78, 5) is 25.3. The Morgan fingerprint density at radius 3 is 2.96 bits per heavy atom. The lowest BCUT2D eigenvalue weighted by atomic mass is 9.97. The summed E-state index contributed by atoms with van der Waals surface area (Å²) in [6, 6.07) is 8.69. The lowest BCUT2D eigenvalue weighted by Crippen LogP contribution is -2.49. The third-order valence-corrected chi connectivity index (χ3v) is 4.23. The van der Waals surface area contributed by atoms with E-state index in [9.17, 15) is 9.59 Å². The number of hydrogen-bond acceptors (Lipinski definition) is 4.